The summed E-state index contributed by atoms with van der Waals surface area (Å²) in [5, 5.41) is 5.93. The fraction of sp³-hybridized carbons (Fsp3) is 0.577. The number of nitrogens with zero attached hydrogens (tertiary/aromatic N) is 3. The normalized spacial score (nSPS) is 19.0. The Morgan fingerprint density at radius 3 is 2.58 bits per heavy atom. The maximum absolute atomic E-state index is 13.3. The number of hydrogen-bond donors (Lipinski definition) is 2. The molecule has 0 radical (unpaired) electrons. The molecule has 0 bridgehead atoms. The van der Waals surface area contributed by atoms with E-state index in [1.54, 1.807) is 18.9 Å². The van der Waals surface area contributed by atoms with Crippen LogP contribution in [-0.4, -0.2) is 92.3 Å². The number of methoxy groups -OCH3 is 1. The van der Waals surface area contributed by atoms with E-state index in [-0.39, 0.29) is 18.7 Å². The van der Waals surface area contributed by atoms with Gasteiger partial charge in [-0.1, -0.05) is 25.1 Å². The first-order valence-corrected chi connectivity index (χ1v) is 12.8. The summed E-state index contributed by atoms with van der Waals surface area (Å²) in [5.74, 6) is 0.120. The van der Waals surface area contributed by atoms with Crippen LogP contribution in [0.1, 0.15) is 45.2 Å². The highest BCUT2D eigenvalue weighted by atomic mass is 16.5. The van der Waals surface area contributed by atoms with Crippen LogP contribution in [0.25, 0.3) is 0 Å². The standard InChI is InChI=1S/C26H39N5O5/c1-5-13-27-25(33)30-15-10-14-29(16-17-30)18-20-22(24(32)36-7-3)23(28-26(34)31(20)6-2)19-11-8-9-12-21(19)35-4/h8-9,11-12,23H,5-7,10,13-18H2,1-4H3,(H,27,33)(H,28,34)/t23-/m0/s1. The summed E-state index contributed by atoms with van der Waals surface area (Å²) < 4.78 is 11.0. The maximum Gasteiger partial charge on any atom is 0.338 e. The number of likely N-dealkylation sites (N-methyl/N-ethyl adjacent to an activating group) is 1. The lowest BCUT2D eigenvalue weighted by atomic mass is 9.93. The molecule has 10 nitrogen and oxygen atoms in total. The molecule has 198 valence electrons. The molecule has 0 saturated carbocycles. The molecule has 2 aliphatic heterocycles. The quantitative estimate of drug-likeness (QED) is 0.505. The smallest absolute Gasteiger partial charge is 0.338 e. The number of nitrogens with one attached hydrogen (secondary N) is 2. The molecular weight excluding hydrogens is 462 g/mol. The summed E-state index contributed by atoms with van der Waals surface area (Å²) in [6, 6.07) is 6.34. The molecule has 1 saturated heterocycles. The van der Waals surface area contributed by atoms with Crippen molar-refractivity contribution in [2.45, 2.75) is 39.7 Å². The Hall–Kier alpha value is -3.27. The van der Waals surface area contributed by atoms with Crippen LogP contribution in [0.5, 0.6) is 5.75 Å². The molecule has 2 heterocycles. The average molecular weight is 502 g/mol. The lowest BCUT2D eigenvalue weighted by Crippen LogP contribution is -2.51. The number of para-hydroxylation sites is 1. The second kappa shape index (κ2) is 13.2. The number of carbonyl (C=O) groups excluding carboxylic acids is 3. The molecule has 4 amide bonds. The van der Waals surface area contributed by atoms with Crippen LogP contribution in [0.2, 0.25) is 0 Å². The highest BCUT2D eigenvalue weighted by molar-refractivity contribution is 5.95. The van der Waals surface area contributed by atoms with E-state index < -0.39 is 12.0 Å². The summed E-state index contributed by atoms with van der Waals surface area (Å²) in [5.41, 5.74) is 1.73. The van der Waals surface area contributed by atoms with Crippen LogP contribution >= 0.6 is 0 Å². The minimum absolute atomic E-state index is 0.0476. The fourth-order valence-electron chi connectivity index (χ4n) is 4.68. The van der Waals surface area contributed by atoms with Crippen molar-refractivity contribution in [1.82, 2.24) is 25.3 Å². The van der Waals surface area contributed by atoms with E-state index in [0.29, 0.717) is 61.9 Å². The van der Waals surface area contributed by atoms with E-state index in [0.717, 1.165) is 19.4 Å². The molecular formula is C26H39N5O5. The Kier molecular flexibility index (Phi) is 9.98. The number of esters is 1. The highest BCUT2D eigenvalue weighted by Gasteiger charge is 2.39. The maximum atomic E-state index is 13.3. The Bertz CT molecular complexity index is 966. The minimum atomic E-state index is -0.700. The third-order valence-electron chi connectivity index (χ3n) is 6.48. The number of rotatable bonds is 9. The van der Waals surface area contributed by atoms with Crippen molar-refractivity contribution in [2.75, 3.05) is 59.5 Å². The first-order valence-electron chi connectivity index (χ1n) is 12.8. The van der Waals surface area contributed by atoms with Gasteiger partial charge in [0.2, 0.25) is 0 Å². The molecule has 3 rings (SSSR count). The summed E-state index contributed by atoms with van der Waals surface area (Å²) in [6.07, 6.45) is 1.69. The van der Waals surface area contributed by atoms with Crippen molar-refractivity contribution in [3.05, 3.63) is 41.1 Å². The molecule has 0 aliphatic carbocycles. The number of amides is 4. The minimum Gasteiger partial charge on any atom is -0.496 e. The van der Waals surface area contributed by atoms with E-state index >= 15 is 0 Å². The molecule has 2 N–H and O–H groups in total. The van der Waals surface area contributed by atoms with E-state index in [9.17, 15) is 14.4 Å². The van der Waals surface area contributed by atoms with Gasteiger partial charge in [-0.05, 0) is 32.8 Å². The molecule has 1 atom stereocenters. The molecule has 36 heavy (non-hydrogen) atoms. The van der Waals surface area contributed by atoms with Crippen molar-refractivity contribution in [2.24, 2.45) is 0 Å². The molecule has 1 aromatic carbocycles. The van der Waals surface area contributed by atoms with Crippen LogP contribution in [0, 0.1) is 0 Å². The van der Waals surface area contributed by atoms with Gasteiger partial charge in [-0.15, -0.1) is 0 Å². The number of ether oxygens (including phenoxy) is 2. The number of carbonyl (C=O) groups is 3. The van der Waals surface area contributed by atoms with Crippen LogP contribution < -0.4 is 15.4 Å². The van der Waals surface area contributed by atoms with E-state index in [1.165, 1.54) is 0 Å². The van der Waals surface area contributed by atoms with Gasteiger partial charge >= 0.3 is 18.0 Å². The van der Waals surface area contributed by atoms with Crippen LogP contribution in [-0.2, 0) is 9.53 Å². The highest BCUT2D eigenvalue weighted by Crippen LogP contribution is 2.36. The monoisotopic (exact) mass is 501 g/mol. The second-order valence-corrected chi connectivity index (χ2v) is 8.80. The van der Waals surface area contributed by atoms with Crippen LogP contribution in [0.3, 0.4) is 0 Å². The van der Waals surface area contributed by atoms with Gasteiger partial charge in [0.05, 0.1) is 25.3 Å². The zero-order chi connectivity index (χ0) is 26.1. The fourth-order valence-corrected chi connectivity index (χ4v) is 4.68. The largest absolute Gasteiger partial charge is 0.496 e. The Balaban J connectivity index is 1.95. The van der Waals surface area contributed by atoms with Crippen LogP contribution in [0.15, 0.2) is 35.5 Å². The van der Waals surface area contributed by atoms with Gasteiger partial charge in [0.25, 0.3) is 0 Å². The van der Waals surface area contributed by atoms with Gasteiger partial charge in [-0.3, -0.25) is 9.80 Å². The molecule has 0 aromatic heterocycles. The molecule has 1 fully saturated rings. The molecule has 2 aliphatic rings. The Labute approximate surface area is 213 Å². The first kappa shape index (κ1) is 27.3. The lowest BCUT2D eigenvalue weighted by Gasteiger charge is -2.38. The van der Waals surface area contributed by atoms with Gasteiger partial charge in [-0.25, -0.2) is 14.4 Å². The topological polar surface area (TPSA) is 103 Å². The second-order valence-electron chi connectivity index (χ2n) is 8.80. The van der Waals surface area contributed by atoms with Gasteiger partial charge in [0, 0.05) is 57.1 Å². The summed E-state index contributed by atoms with van der Waals surface area (Å²) in [7, 11) is 1.57. The Morgan fingerprint density at radius 2 is 1.89 bits per heavy atom. The Morgan fingerprint density at radius 1 is 1.11 bits per heavy atom. The van der Waals surface area contributed by atoms with Crippen LogP contribution in [0.4, 0.5) is 9.59 Å². The third kappa shape index (κ3) is 6.29. The SMILES string of the molecule is CCCNC(=O)N1CCCN(CC2=C(C(=O)OCC)[C@H](c3ccccc3OC)NC(=O)N2CC)CC1. The zero-order valence-electron chi connectivity index (χ0n) is 21.8. The predicted molar refractivity (Wildman–Crippen MR) is 137 cm³/mol. The predicted octanol–water partition coefficient (Wildman–Crippen LogP) is 2.73. The third-order valence-corrected chi connectivity index (χ3v) is 6.48. The summed E-state index contributed by atoms with van der Waals surface area (Å²) in [4.78, 5) is 44.6. The molecule has 0 unspecified atom stereocenters. The zero-order valence-corrected chi connectivity index (χ0v) is 21.8. The van der Waals surface area contributed by atoms with Gasteiger partial charge in [0.15, 0.2) is 0 Å². The van der Waals surface area contributed by atoms with Crippen molar-refractivity contribution in [3.8, 4) is 5.75 Å². The van der Waals surface area contributed by atoms with Crippen molar-refractivity contribution < 1.29 is 23.9 Å². The van der Waals surface area contributed by atoms with Crippen molar-refractivity contribution in [3.63, 3.8) is 0 Å². The van der Waals surface area contributed by atoms with Crippen molar-refractivity contribution in [1.29, 1.82) is 0 Å². The van der Waals surface area contributed by atoms with Crippen molar-refractivity contribution >= 4 is 18.0 Å². The van der Waals surface area contributed by atoms with Gasteiger partial charge in [-0.2, -0.15) is 0 Å². The van der Waals surface area contributed by atoms with Gasteiger partial charge in [0.1, 0.15) is 5.75 Å². The number of benzene rings is 1. The molecule has 1 aromatic rings. The van der Waals surface area contributed by atoms with E-state index in [4.69, 9.17) is 9.47 Å². The average Bonchev–Trinajstić information content (AvgIpc) is 3.12. The number of hydrogen-bond acceptors (Lipinski definition) is 6. The van der Waals surface area contributed by atoms with E-state index in [2.05, 4.69) is 15.5 Å². The summed E-state index contributed by atoms with van der Waals surface area (Å²) >= 11 is 0. The van der Waals surface area contributed by atoms with Gasteiger partial charge < -0.3 is 25.0 Å². The molecule has 10 heteroatoms. The van der Waals surface area contributed by atoms with E-state index in [1.807, 2.05) is 43.0 Å². The summed E-state index contributed by atoms with van der Waals surface area (Å²) in [6.45, 7) is 9.97. The molecule has 0 spiro atoms. The number of urea groups is 2. The lowest BCUT2D eigenvalue weighted by molar-refractivity contribution is -0.139. The first-order chi connectivity index (χ1) is 17.4.